The van der Waals surface area contributed by atoms with Crippen molar-refractivity contribution in [2.75, 3.05) is 30.1 Å². The summed E-state index contributed by atoms with van der Waals surface area (Å²) in [6.07, 6.45) is 0.922. The van der Waals surface area contributed by atoms with Gasteiger partial charge in [-0.15, -0.1) is 11.8 Å². The van der Waals surface area contributed by atoms with Crippen molar-refractivity contribution in [1.29, 1.82) is 0 Å². The zero-order valence-electron chi connectivity index (χ0n) is 21.5. The predicted molar refractivity (Wildman–Crippen MR) is 135 cm³/mol. The Morgan fingerprint density at radius 1 is 1.22 bits per heavy atom. The van der Waals surface area contributed by atoms with E-state index >= 15 is 0 Å². The predicted octanol–water partition coefficient (Wildman–Crippen LogP) is 6.12. The smallest absolute Gasteiger partial charge is 0.312 e. The maximum absolute atomic E-state index is 13.9. The zero-order chi connectivity index (χ0) is 27.8. The molecular weight excluding hydrogens is 534 g/mol. The molecule has 1 heterocycles. The lowest BCUT2D eigenvalue weighted by molar-refractivity contribution is -0.148. The van der Waals surface area contributed by atoms with Gasteiger partial charge in [0, 0.05) is 37.9 Å². The molecule has 0 amide bonds. The van der Waals surface area contributed by atoms with Crippen LogP contribution in [0.2, 0.25) is 0 Å². The number of hydrogen-bond acceptors (Lipinski definition) is 6. The molecule has 210 valence electrons. The van der Waals surface area contributed by atoms with Crippen LogP contribution in [-0.2, 0) is 14.6 Å². The number of aliphatic carboxylic acids is 1. The van der Waals surface area contributed by atoms with Crippen molar-refractivity contribution in [2.45, 2.75) is 87.0 Å². The highest BCUT2D eigenvalue weighted by Crippen LogP contribution is 2.45. The number of nitrogens with zero attached hydrogens (tertiary/aromatic N) is 1. The van der Waals surface area contributed by atoms with E-state index < -0.39 is 45.4 Å². The molecule has 12 heteroatoms. The third kappa shape index (κ3) is 7.46. The lowest BCUT2D eigenvalue weighted by Gasteiger charge is -2.39. The van der Waals surface area contributed by atoms with Gasteiger partial charge in [-0.25, -0.2) is 26.0 Å². The van der Waals surface area contributed by atoms with Crippen LogP contribution in [0.15, 0.2) is 21.9 Å². The summed E-state index contributed by atoms with van der Waals surface area (Å²) in [6, 6.07) is 2.66. The molecule has 0 radical (unpaired) electrons. The van der Waals surface area contributed by atoms with Crippen LogP contribution in [0.3, 0.4) is 0 Å². The Morgan fingerprint density at radius 3 is 2.38 bits per heavy atom. The molecule has 1 atom stereocenters. The van der Waals surface area contributed by atoms with Crippen LogP contribution in [0.1, 0.15) is 59.3 Å². The Hall–Kier alpha value is -1.69. The van der Waals surface area contributed by atoms with E-state index in [0.29, 0.717) is 10.6 Å². The fourth-order valence-electron chi connectivity index (χ4n) is 4.74. The van der Waals surface area contributed by atoms with Gasteiger partial charge in [-0.05, 0) is 58.3 Å². The first-order valence-electron chi connectivity index (χ1n) is 12.3. The molecule has 1 aromatic rings. The van der Waals surface area contributed by atoms with Crippen LogP contribution in [0, 0.1) is 11.3 Å². The molecule has 1 aliphatic heterocycles. The highest BCUT2D eigenvalue weighted by Gasteiger charge is 2.41. The molecular formula is C25H35F4NO5S2. The number of hydrogen-bond donors (Lipinski definition) is 1. The van der Waals surface area contributed by atoms with Crippen LogP contribution >= 0.6 is 11.8 Å². The maximum atomic E-state index is 13.9. The highest BCUT2D eigenvalue weighted by atomic mass is 32.2. The first-order chi connectivity index (χ1) is 16.9. The Balaban J connectivity index is 2.05. The summed E-state index contributed by atoms with van der Waals surface area (Å²) in [5.41, 5.74) is -0.868. The summed E-state index contributed by atoms with van der Waals surface area (Å²) < 4.78 is 88.0. The molecule has 1 aliphatic carbocycles. The van der Waals surface area contributed by atoms with E-state index in [0.717, 1.165) is 6.92 Å². The van der Waals surface area contributed by atoms with Crippen molar-refractivity contribution >= 4 is 33.3 Å². The number of rotatable bonds is 9. The molecule has 0 bridgehead atoms. The molecule has 1 aromatic carbocycles. The van der Waals surface area contributed by atoms with E-state index in [-0.39, 0.29) is 67.7 Å². The van der Waals surface area contributed by atoms with Gasteiger partial charge in [-0.2, -0.15) is 0 Å². The van der Waals surface area contributed by atoms with Crippen molar-refractivity contribution in [3.63, 3.8) is 0 Å². The lowest BCUT2D eigenvalue weighted by Crippen LogP contribution is -2.43. The molecule has 1 saturated carbocycles. The van der Waals surface area contributed by atoms with Crippen LogP contribution < -0.4 is 9.64 Å². The van der Waals surface area contributed by atoms with Gasteiger partial charge in [0.15, 0.2) is 9.84 Å². The minimum atomic E-state index is -3.95. The number of carbonyl (C=O) groups is 1. The van der Waals surface area contributed by atoms with Gasteiger partial charge in [0.1, 0.15) is 12.4 Å². The highest BCUT2D eigenvalue weighted by molar-refractivity contribution is 7.98. The standard InChI is InChI=1S/C25H35F4NO5S2/c1-23(2,22(31)32)15-35-19-12-21-18(11-20(19)36-4)30(17-6-9-25(28,29)10-7-17)13-16(14-37(21,33)34)5-8-24(3,26)27/h11-12,16-17H,5-10,13-15H2,1-4H3,(H,31,32)/t16-/m0/s1. The average Bonchev–Trinajstić information content (AvgIpc) is 2.88. The van der Waals surface area contributed by atoms with Crippen molar-refractivity contribution in [2.24, 2.45) is 11.3 Å². The zero-order valence-corrected chi connectivity index (χ0v) is 23.2. The van der Waals surface area contributed by atoms with E-state index in [1.54, 1.807) is 12.3 Å². The fraction of sp³-hybridized carbons (Fsp3) is 0.720. The number of sulfone groups is 1. The number of thioether (sulfide) groups is 1. The Labute approximate surface area is 220 Å². The minimum absolute atomic E-state index is 0.0261. The lowest BCUT2D eigenvalue weighted by atomic mass is 9.89. The number of ether oxygens (including phenoxy) is 1. The number of alkyl halides is 4. The van der Waals surface area contributed by atoms with Gasteiger partial charge in [0.25, 0.3) is 0 Å². The molecule has 0 unspecified atom stereocenters. The fourth-order valence-corrected chi connectivity index (χ4v) is 7.14. The van der Waals surface area contributed by atoms with Crippen LogP contribution in [-0.4, -0.2) is 62.5 Å². The average molecular weight is 570 g/mol. The topological polar surface area (TPSA) is 83.9 Å². The quantitative estimate of drug-likeness (QED) is 0.283. The Kier molecular flexibility index (Phi) is 8.73. The number of carboxylic acids is 1. The summed E-state index contributed by atoms with van der Waals surface area (Å²) >= 11 is 1.28. The monoisotopic (exact) mass is 569 g/mol. The number of anilines is 1. The molecule has 2 aliphatic rings. The van der Waals surface area contributed by atoms with Crippen LogP contribution in [0.25, 0.3) is 0 Å². The first-order valence-corrected chi connectivity index (χ1v) is 15.2. The molecule has 37 heavy (non-hydrogen) atoms. The number of benzene rings is 1. The van der Waals surface area contributed by atoms with E-state index in [2.05, 4.69) is 0 Å². The number of halogens is 4. The third-order valence-electron chi connectivity index (χ3n) is 7.09. The number of fused-ring (bicyclic) bond motifs is 1. The van der Waals surface area contributed by atoms with Gasteiger partial charge in [0.05, 0.1) is 26.6 Å². The summed E-state index contributed by atoms with van der Waals surface area (Å²) in [5.74, 6) is -7.56. The molecule has 6 nitrogen and oxygen atoms in total. The van der Waals surface area contributed by atoms with Crippen molar-refractivity contribution in [3.05, 3.63) is 12.1 Å². The summed E-state index contributed by atoms with van der Waals surface area (Å²) in [4.78, 5) is 13.9. The van der Waals surface area contributed by atoms with Gasteiger partial charge < -0.3 is 14.7 Å². The second-order valence-corrected chi connectivity index (χ2v) is 13.8. The van der Waals surface area contributed by atoms with E-state index in [9.17, 15) is 35.9 Å². The third-order valence-corrected chi connectivity index (χ3v) is 9.75. The van der Waals surface area contributed by atoms with E-state index in [1.165, 1.54) is 31.7 Å². The van der Waals surface area contributed by atoms with Crippen molar-refractivity contribution in [3.8, 4) is 5.75 Å². The van der Waals surface area contributed by atoms with Crippen molar-refractivity contribution < 1.29 is 40.6 Å². The van der Waals surface area contributed by atoms with Crippen LogP contribution in [0.5, 0.6) is 5.75 Å². The Bertz CT molecular complexity index is 1100. The molecule has 1 fully saturated rings. The Morgan fingerprint density at radius 2 is 1.84 bits per heavy atom. The van der Waals surface area contributed by atoms with E-state index in [4.69, 9.17) is 4.74 Å². The van der Waals surface area contributed by atoms with Crippen molar-refractivity contribution in [1.82, 2.24) is 0 Å². The number of carboxylic acid groups (broad SMARTS) is 1. The summed E-state index contributed by atoms with van der Waals surface area (Å²) in [5, 5.41) is 9.42. The largest absolute Gasteiger partial charge is 0.491 e. The molecule has 0 saturated heterocycles. The summed E-state index contributed by atoms with van der Waals surface area (Å²) in [6.45, 7) is 3.73. The normalized spacial score (nSPS) is 22.3. The minimum Gasteiger partial charge on any atom is -0.491 e. The molecule has 0 aromatic heterocycles. The SMILES string of the molecule is CSc1cc2c(cc1OCC(C)(C)C(=O)O)S(=O)(=O)C[C@@H](CCC(C)(F)F)CN2C1CCC(F)(F)CC1. The second-order valence-electron chi connectivity index (χ2n) is 10.9. The van der Waals surface area contributed by atoms with E-state index in [1.807, 2.05) is 4.90 Å². The first kappa shape index (κ1) is 29.9. The molecule has 0 spiro atoms. The molecule has 1 N–H and O–H groups in total. The summed E-state index contributed by atoms with van der Waals surface area (Å²) in [7, 11) is -3.95. The molecule has 3 rings (SSSR count). The van der Waals surface area contributed by atoms with Gasteiger partial charge in [-0.3, -0.25) is 4.79 Å². The van der Waals surface area contributed by atoms with Crippen LogP contribution in [0.4, 0.5) is 23.2 Å². The van der Waals surface area contributed by atoms with Gasteiger partial charge in [-0.1, -0.05) is 0 Å². The second kappa shape index (κ2) is 10.8. The van der Waals surface area contributed by atoms with Gasteiger partial charge in [0.2, 0.25) is 11.8 Å². The van der Waals surface area contributed by atoms with Gasteiger partial charge >= 0.3 is 5.97 Å². The maximum Gasteiger partial charge on any atom is 0.312 e.